The predicted octanol–water partition coefficient (Wildman–Crippen LogP) is 1.46. The summed E-state index contributed by atoms with van der Waals surface area (Å²) in [5, 5.41) is 3.37. The molecule has 2 rings (SSSR count). The van der Waals surface area contributed by atoms with Gasteiger partial charge in [0, 0.05) is 18.8 Å². The van der Waals surface area contributed by atoms with Crippen LogP contribution in [-0.2, 0) is 6.54 Å². The number of rotatable bonds is 3. The Hall–Kier alpha value is -1.42. The van der Waals surface area contributed by atoms with E-state index in [0.717, 1.165) is 17.7 Å². The van der Waals surface area contributed by atoms with Crippen molar-refractivity contribution in [1.29, 1.82) is 0 Å². The van der Waals surface area contributed by atoms with Crippen LogP contribution in [-0.4, -0.2) is 21.0 Å². The number of hydrogen-bond donors (Lipinski definition) is 2. The third kappa shape index (κ3) is 1.75. The molecule has 0 bridgehead atoms. The van der Waals surface area contributed by atoms with Gasteiger partial charge in [-0.15, -0.1) is 0 Å². The third-order valence-corrected chi connectivity index (χ3v) is 2.11. The highest BCUT2D eigenvalue weighted by Gasteiger charge is 2.03. The lowest BCUT2D eigenvalue weighted by Crippen LogP contribution is -2.21. The minimum atomic E-state index is 0.487. The third-order valence-electron chi connectivity index (χ3n) is 2.11. The Kier molecular flexibility index (Phi) is 2.45. The highest BCUT2D eigenvalue weighted by atomic mass is 15.0. The Morgan fingerprint density at radius 1 is 1.43 bits per heavy atom. The molecule has 0 aromatic carbocycles. The Bertz CT molecular complexity index is 419. The van der Waals surface area contributed by atoms with Crippen LogP contribution in [0.2, 0.25) is 0 Å². The van der Waals surface area contributed by atoms with E-state index in [2.05, 4.69) is 34.1 Å². The molecule has 0 unspecified atom stereocenters. The first-order chi connectivity index (χ1) is 6.77. The zero-order chi connectivity index (χ0) is 9.97. The van der Waals surface area contributed by atoms with Gasteiger partial charge in [-0.25, -0.2) is 9.97 Å². The lowest BCUT2D eigenvalue weighted by atomic mass is 10.2. The van der Waals surface area contributed by atoms with Gasteiger partial charge in [0.1, 0.15) is 0 Å². The summed E-state index contributed by atoms with van der Waals surface area (Å²) < 4.78 is 0. The van der Waals surface area contributed by atoms with Crippen molar-refractivity contribution in [2.24, 2.45) is 0 Å². The first-order valence-corrected chi connectivity index (χ1v) is 4.77. The van der Waals surface area contributed by atoms with E-state index >= 15 is 0 Å². The van der Waals surface area contributed by atoms with Crippen LogP contribution >= 0.6 is 0 Å². The van der Waals surface area contributed by atoms with Crippen molar-refractivity contribution in [3.05, 3.63) is 24.2 Å². The van der Waals surface area contributed by atoms with Crippen molar-refractivity contribution in [2.45, 2.75) is 26.4 Å². The van der Waals surface area contributed by atoms with Gasteiger partial charge in [-0.05, 0) is 11.6 Å². The lowest BCUT2D eigenvalue weighted by molar-refractivity contribution is 0.590. The maximum absolute atomic E-state index is 4.16. The summed E-state index contributed by atoms with van der Waals surface area (Å²) in [5.41, 5.74) is 3.02. The summed E-state index contributed by atoms with van der Waals surface area (Å²) in [5.74, 6) is 0. The molecule has 2 aromatic heterocycles. The van der Waals surface area contributed by atoms with Gasteiger partial charge in [-0.2, -0.15) is 0 Å². The topological polar surface area (TPSA) is 53.6 Å². The molecule has 0 saturated carbocycles. The van der Waals surface area contributed by atoms with Gasteiger partial charge >= 0.3 is 0 Å². The van der Waals surface area contributed by atoms with Crippen LogP contribution in [0, 0.1) is 0 Å². The molecule has 4 nitrogen and oxygen atoms in total. The van der Waals surface area contributed by atoms with E-state index in [0.29, 0.717) is 6.04 Å². The smallest absolute Gasteiger partial charge is 0.177 e. The average Bonchev–Trinajstić information content (AvgIpc) is 2.62. The summed E-state index contributed by atoms with van der Waals surface area (Å²) >= 11 is 0. The molecule has 0 fully saturated rings. The molecule has 0 aliphatic carbocycles. The van der Waals surface area contributed by atoms with Crippen molar-refractivity contribution in [2.75, 3.05) is 0 Å². The van der Waals surface area contributed by atoms with Gasteiger partial charge < -0.3 is 10.3 Å². The van der Waals surface area contributed by atoms with Crippen molar-refractivity contribution in [1.82, 2.24) is 20.3 Å². The number of nitrogens with one attached hydrogen (secondary N) is 2. The SMILES string of the molecule is CC(C)NCc1ccnc2nc[nH]c12. The van der Waals surface area contributed by atoms with Gasteiger partial charge in [0.05, 0.1) is 11.8 Å². The van der Waals surface area contributed by atoms with Crippen molar-refractivity contribution in [3.63, 3.8) is 0 Å². The van der Waals surface area contributed by atoms with E-state index in [9.17, 15) is 0 Å². The van der Waals surface area contributed by atoms with Crippen molar-refractivity contribution in [3.8, 4) is 0 Å². The van der Waals surface area contributed by atoms with Gasteiger partial charge in [0.2, 0.25) is 0 Å². The first-order valence-electron chi connectivity index (χ1n) is 4.77. The molecule has 2 N–H and O–H groups in total. The molecule has 0 radical (unpaired) electrons. The summed E-state index contributed by atoms with van der Waals surface area (Å²) in [6, 6.07) is 2.50. The summed E-state index contributed by atoms with van der Waals surface area (Å²) in [4.78, 5) is 11.4. The van der Waals surface area contributed by atoms with Crippen LogP contribution in [0.1, 0.15) is 19.4 Å². The largest absolute Gasteiger partial charge is 0.343 e. The molecule has 74 valence electrons. The Balaban J connectivity index is 2.27. The summed E-state index contributed by atoms with van der Waals surface area (Å²) in [6.07, 6.45) is 3.47. The van der Waals surface area contributed by atoms with E-state index in [4.69, 9.17) is 0 Å². The van der Waals surface area contributed by atoms with Gasteiger partial charge in [0.25, 0.3) is 0 Å². The normalized spacial score (nSPS) is 11.4. The fourth-order valence-corrected chi connectivity index (χ4v) is 1.36. The molecule has 0 amide bonds. The van der Waals surface area contributed by atoms with Crippen LogP contribution in [0.25, 0.3) is 11.2 Å². The average molecular weight is 190 g/mol. The summed E-state index contributed by atoms with van der Waals surface area (Å²) in [6.45, 7) is 5.11. The van der Waals surface area contributed by atoms with Gasteiger partial charge in [-0.3, -0.25) is 0 Å². The number of nitrogens with zero attached hydrogens (tertiary/aromatic N) is 2. The highest BCUT2D eigenvalue weighted by Crippen LogP contribution is 2.11. The first kappa shape index (κ1) is 9.15. The van der Waals surface area contributed by atoms with E-state index in [1.165, 1.54) is 5.56 Å². The number of hydrogen-bond acceptors (Lipinski definition) is 3. The molecule has 2 heterocycles. The molecule has 0 spiro atoms. The number of H-pyrrole nitrogens is 1. The fraction of sp³-hybridized carbons (Fsp3) is 0.400. The quantitative estimate of drug-likeness (QED) is 0.770. The lowest BCUT2D eigenvalue weighted by Gasteiger charge is -2.07. The number of imidazole rings is 1. The van der Waals surface area contributed by atoms with Crippen LogP contribution in [0.15, 0.2) is 18.6 Å². The molecular weight excluding hydrogens is 176 g/mol. The van der Waals surface area contributed by atoms with E-state index in [1.54, 1.807) is 12.5 Å². The number of aromatic nitrogens is 3. The highest BCUT2D eigenvalue weighted by molar-refractivity contribution is 5.73. The number of fused-ring (bicyclic) bond motifs is 1. The monoisotopic (exact) mass is 190 g/mol. The van der Waals surface area contributed by atoms with Gasteiger partial charge in [0.15, 0.2) is 5.65 Å². The molecule has 4 heteroatoms. The van der Waals surface area contributed by atoms with Crippen LogP contribution < -0.4 is 5.32 Å². The van der Waals surface area contributed by atoms with Crippen LogP contribution in [0.3, 0.4) is 0 Å². The second-order valence-electron chi connectivity index (χ2n) is 3.61. The Morgan fingerprint density at radius 2 is 2.29 bits per heavy atom. The fourth-order valence-electron chi connectivity index (χ4n) is 1.36. The Labute approximate surface area is 82.8 Å². The zero-order valence-electron chi connectivity index (χ0n) is 8.41. The van der Waals surface area contributed by atoms with E-state index in [-0.39, 0.29) is 0 Å². The predicted molar refractivity (Wildman–Crippen MR) is 55.9 cm³/mol. The maximum atomic E-state index is 4.16. The maximum Gasteiger partial charge on any atom is 0.177 e. The zero-order valence-corrected chi connectivity index (χ0v) is 8.41. The van der Waals surface area contributed by atoms with Crippen molar-refractivity contribution < 1.29 is 0 Å². The molecule has 0 saturated heterocycles. The van der Waals surface area contributed by atoms with Crippen LogP contribution in [0.4, 0.5) is 0 Å². The molecule has 14 heavy (non-hydrogen) atoms. The van der Waals surface area contributed by atoms with Crippen molar-refractivity contribution >= 4 is 11.2 Å². The number of pyridine rings is 1. The molecule has 0 atom stereocenters. The molecular formula is C10H14N4. The Morgan fingerprint density at radius 3 is 3.07 bits per heavy atom. The molecule has 0 aliphatic rings. The van der Waals surface area contributed by atoms with Crippen LogP contribution in [0.5, 0.6) is 0 Å². The second-order valence-corrected chi connectivity index (χ2v) is 3.61. The number of aromatic amines is 1. The minimum Gasteiger partial charge on any atom is -0.343 e. The van der Waals surface area contributed by atoms with Gasteiger partial charge in [-0.1, -0.05) is 13.8 Å². The van der Waals surface area contributed by atoms with E-state index in [1.807, 2.05) is 6.07 Å². The molecule has 2 aromatic rings. The summed E-state index contributed by atoms with van der Waals surface area (Å²) in [7, 11) is 0. The second kappa shape index (κ2) is 3.75. The van der Waals surface area contributed by atoms with E-state index < -0.39 is 0 Å². The molecule has 0 aliphatic heterocycles. The standard InChI is InChI=1S/C10H14N4/c1-7(2)12-5-8-3-4-11-10-9(8)13-6-14-10/h3-4,6-7,12H,5H2,1-2H3,(H,11,13,14). The minimum absolute atomic E-state index is 0.487.